The predicted molar refractivity (Wildman–Crippen MR) is 75.4 cm³/mol. The van der Waals surface area contributed by atoms with Crippen LogP contribution in [0.4, 0.5) is 0 Å². The van der Waals surface area contributed by atoms with Crippen molar-refractivity contribution in [3.63, 3.8) is 0 Å². The van der Waals surface area contributed by atoms with Gasteiger partial charge in [0.05, 0.1) is 0 Å². The molecule has 1 saturated heterocycles. The van der Waals surface area contributed by atoms with E-state index in [0.717, 1.165) is 11.6 Å². The summed E-state index contributed by atoms with van der Waals surface area (Å²) in [5, 5.41) is 47.9. The van der Waals surface area contributed by atoms with Gasteiger partial charge in [0.2, 0.25) is 0 Å². The maximum Gasteiger partial charge on any atom is 0.186 e. The lowest BCUT2D eigenvalue weighted by Gasteiger charge is -2.39. The van der Waals surface area contributed by atoms with Crippen molar-refractivity contribution in [3.8, 4) is 0 Å². The summed E-state index contributed by atoms with van der Waals surface area (Å²) < 4.78 is 4.81. The quantitative estimate of drug-likeness (QED) is 0.425. The monoisotopic (exact) mass is 310 g/mol. The van der Waals surface area contributed by atoms with Gasteiger partial charge in [0, 0.05) is 0 Å². The van der Waals surface area contributed by atoms with Crippen molar-refractivity contribution in [2.24, 2.45) is 0 Å². The number of ketones is 1. The van der Waals surface area contributed by atoms with Crippen LogP contribution in [0.25, 0.3) is 6.08 Å². The highest BCUT2D eigenvalue weighted by Crippen LogP contribution is 2.22. The average Bonchev–Trinajstić information content (AvgIpc) is 2.54. The zero-order chi connectivity index (χ0) is 16.3. The molecule has 0 amide bonds. The molecular weight excluding hydrogens is 292 g/mol. The largest absolute Gasteiger partial charge is 0.387 e. The molecule has 120 valence electrons. The van der Waals surface area contributed by atoms with Gasteiger partial charge in [0.1, 0.15) is 30.5 Å². The molecule has 1 aliphatic rings. The van der Waals surface area contributed by atoms with Gasteiger partial charge in [-0.25, -0.2) is 0 Å². The van der Waals surface area contributed by atoms with Gasteiger partial charge in [-0.05, 0) is 11.6 Å². The molecule has 0 aromatic heterocycles. The molecule has 7 nitrogen and oxygen atoms in total. The van der Waals surface area contributed by atoms with Gasteiger partial charge in [-0.15, -0.1) is 0 Å². The van der Waals surface area contributed by atoms with Crippen LogP contribution in [0, 0.1) is 0 Å². The summed E-state index contributed by atoms with van der Waals surface area (Å²) in [4.78, 5) is 11.9. The van der Waals surface area contributed by atoms with Gasteiger partial charge in [0.25, 0.3) is 0 Å². The maximum absolute atomic E-state index is 11.9. The summed E-state index contributed by atoms with van der Waals surface area (Å²) in [6.45, 7) is 0. The Hall–Kier alpha value is -1.61. The first kappa shape index (κ1) is 16.8. The standard InChI is InChI=1S/C15H18O7/c16-9(7-6-8-4-2-1-3-5-8)10(17)14-12(19)11(18)13(20)15(21)22-14/h1-7,10-15,17-21H/b7-6+/t10?,11-,12-,13+,14+,15+/m0/s1. The Labute approximate surface area is 126 Å². The molecule has 22 heavy (non-hydrogen) atoms. The van der Waals surface area contributed by atoms with Crippen LogP contribution in [0.1, 0.15) is 5.56 Å². The van der Waals surface area contributed by atoms with Crippen LogP contribution in [0.15, 0.2) is 36.4 Å². The fourth-order valence-corrected chi connectivity index (χ4v) is 2.15. The minimum Gasteiger partial charge on any atom is -0.387 e. The lowest BCUT2D eigenvalue weighted by atomic mass is 9.93. The van der Waals surface area contributed by atoms with E-state index in [-0.39, 0.29) is 0 Å². The van der Waals surface area contributed by atoms with Gasteiger partial charge in [0.15, 0.2) is 12.1 Å². The molecule has 6 atom stereocenters. The van der Waals surface area contributed by atoms with Crippen molar-refractivity contribution >= 4 is 11.9 Å². The van der Waals surface area contributed by atoms with Crippen molar-refractivity contribution in [2.45, 2.75) is 36.8 Å². The zero-order valence-corrected chi connectivity index (χ0v) is 11.6. The second kappa shape index (κ2) is 7.10. The number of aliphatic hydroxyl groups is 5. The number of carbonyl (C=O) groups excluding carboxylic acids is 1. The Kier molecular flexibility index (Phi) is 5.41. The number of hydrogen-bond acceptors (Lipinski definition) is 7. The van der Waals surface area contributed by atoms with E-state index < -0.39 is 42.6 Å². The number of carbonyl (C=O) groups is 1. The topological polar surface area (TPSA) is 127 Å². The van der Waals surface area contributed by atoms with Crippen LogP contribution < -0.4 is 0 Å². The molecule has 1 heterocycles. The first-order chi connectivity index (χ1) is 10.4. The highest BCUT2D eigenvalue weighted by molar-refractivity contribution is 5.97. The Bertz CT molecular complexity index is 530. The summed E-state index contributed by atoms with van der Waals surface area (Å²) in [5.41, 5.74) is 0.739. The molecule has 5 N–H and O–H groups in total. The Morgan fingerprint density at radius 1 is 1.05 bits per heavy atom. The Balaban J connectivity index is 2.05. The van der Waals surface area contributed by atoms with Gasteiger partial charge in [-0.3, -0.25) is 4.79 Å². The van der Waals surface area contributed by atoms with Crippen molar-refractivity contribution in [1.82, 2.24) is 0 Å². The second-order valence-corrected chi connectivity index (χ2v) is 5.05. The number of rotatable bonds is 4. The van der Waals surface area contributed by atoms with E-state index in [1.807, 2.05) is 6.07 Å². The molecule has 7 heteroatoms. The third-order valence-corrected chi connectivity index (χ3v) is 3.47. The van der Waals surface area contributed by atoms with Crippen molar-refractivity contribution < 1.29 is 35.1 Å². The van der Waals surface area contributed by atoms with Gasteiger partial charge in [-0.2, -0.15) is 0 Å². The van der Waals surface area contributed by atoms with Crippen LogP contribution >= 0.6 is 0 Å². The molecule has 1 fully saturated rings. The van der Waals surface area contributed by atoms with Crippen LogP contribution in [-0.2, 0) is 9.53 Å². The summed E-state index contributed by atoms with van der Waals surface area (Å²) in [6, 6.07) is 8.89. The van der Waals surface area contributed by atoms with Crippen molar-refractivity contribution in [1.29, 1.82) is 0 Å². The SMILES string of the molecule is O=C(/C=C/c1ccccc1)C(O)[C@H]1O[C@@H](O)[C@H](O)[C@@H](O)[C@@H]1O. The van der Waals surface area contributed by atoms with E-state index in [0.29, 0.717) is 0 Å². The third-order valence-electron chi connectivity index (χ3n) is 3.47. The van der Waals surface area contributed by atoms with Crippen molar-refractivity contribution in [3.05, 3.63) is 42.0 Å². The molecule has 1 aromatic carbocycles. The van der Waals surface area contributed by atoms with E-state index in [2.05, 4.69) is 0 Å². The number of benzene rings is 1. The lowest BCUT2D eigenvalue weighted by Crippen LogP contribution is -2.61. The summed E-state index contributed by atoms with van der Waals surface area (Å²) >= 11 is 0. The molecular formula is C15H18O7. The van der Waals surface area contributed by atoms with E-state index in [1.165, 1.54) is 6.08 Å². The molecule has 0 saturated carbocycles. The van der Waals surface area contributed by atoms with E-state index >= 15 is 0 Å². The molecule has 1 aromatic rings. The van der Waals surface area contributed by atoms with Gasteiger partial charge in [-0.1, -0.05) is 36.4 Å². The normalized spacial score (nSPS) is 33.8. The third kappa shape index (κ3) is 3.58. The minimum absolute atomic E-state index is 0.739. The molecule has 0 spiro atoms. The smallest absolute Gasteiger partial charge is 0.186 e. The molecule has 1 unspecified atom stereocenters. The molecule has 2 rings (SSSR count). The van der Waals surface area contributed by atoms with Gasteiger partial charge < -0.3 is 30.3 Å². The molecule has 0 bridgehead atoms. The summed E-state index contributed by atoms with van der Waals surface area (Å²) in [6.07, 6.45) is -7.69. The molecule has 1 aliphatic heterocycles. The highest BCUT2D eigenvalue weighted by atomic mass is 16.6. The van der Waals surface area contributed by atoms with Crippen LogP contribution in [0.3, 0.4) is 0 Å². The Morgan fingerprint density at radius 3 is 2.32 bits per heavy atom. The van der Waals surface area contributed by atoms with Crippen LogP contribution in [0.5, 0.6) is 0 Å². The summed E-state index contributed by atoms with van der Waals surface area (Å²) in [7, 11) is 0. The lowest BCUT2D eigenvalue weighted by molar-refractivity contribution is -0.293. The van der Waals surface area contributed by atoms with Crippen LogP contribution in [-0.4, -0.2) is 68.1 Å². The van der Waals surface area contributed by atoms with E-state index in [4.69, 9.17) is 4.74 Å². The Morgan fingerprint density at radius 2 is 1.68 bits per heavy atom. The predicted octanol–water partition coefficient (Wildman–Crippen LogP) is -1.57. The highest BCUT2D eigenvalue weighted by Gasteiger charge is 2.47. The van der Waals surface area contributed by atoms with E-state index in [1.54, 1.807) is 24.3 Å². The zero-order valence-electron chi connectivity index (χ0n) is 11.6. The fraction of sp³-hybridized carbons (Fsp3) is 0.400. The number of ether oxygens (including phenoxy) is 1. The van der Waals surface area contributed by atoms with Crippen molar-refractivity contribution in [2.75, 3.05) is 0 Å². The fourth-order valence-electron chi connectivity index (χ4n) is 2.15. The summed E-state index contributed by atoms with van der Waals surface area (Å²) in [5.74, 6) is -0.760. The first-order valence-corrected chi connectivity index (χ1v) is 6.74. The first-order valence-electron chi connectivity index (χ1n) is 6.74. The van der Waals surface area contributed by atoms with Crippen LogP contribution in [0.2, 0.25) is 0 Å². The molecule has 0 aliphatic carbocycles. The number of aliphatic hydroxyl groups excluding tert-OH is 5. The minimum atomic E-state index is -1.80. The average molecular weight is 310 g/mol. The maximum atomic E-state index is 11.9. The van der Waals surface area contributed by atoms with E-state index in [9.17, 15) is 30.3 Å². The second-order valence-electron chi connectivity index (χ2n) is 5.05. The van der Waals surface area contributed by atoms with Gasteiger partial charge >= 0.3 is 0 Å². The number of hydrogen-bond donors (Lipinski definition) is 5. The molecule has 0 radical (unpaired) electrons.